The van der Waals surface area contributed by atoms with E-state index in [1.807, 2.05) is 30.7 Å². The minimum atomic E-state index is -0.976. The summed E-state index contributed by atoms with van der Waals surface area (Å²) in [5, 5.41) is 15.4. The predicted octanol–water partition coefficient (Wildman–Crippen LogP) is 2.36. The fourth-order valence-electron chi connectivity index (χ4n) is 1.35. The van der Waals surface area contributed by atoms with Crippen LogP contribution >= 0.6 is 11.3 Å². The van der Waals surface area contributed by atoms with Gasteiger partial charge in [-0.15, -0.1) is 0 Å². The highest BCUT2D eigenvalue weighted by Crippen LogP contribution is 2.14. The molecule has 0 bridgehead atoms. The summed E-state index contributed by atoms with van der Waals surface area (Å²) < 4.78 is 4.83. The molecule has 1 N–H and O–H groups in total. The van der Waals surface area contributed by atoms with Crippen LogP contribution < -0.4 is 5.32 Å². The number of amides is 1. The number of nitrogens with zero attached hydrogens (tertiary/aromatic N) is 1. The predicted molar refractivity (Wildman–Crippen MR) is 81.3 cm³/mol. The molecule has 1 heterocycles. The second-order valence-electron chi connectivity index (χ2n) is 5.01. The zero-order valence-corrected chi connectivity index (χ0v) is 13.1. The molecule has 0 fully saturated rings. The van der Waals surface area contributed by atoms with Crippen LogP contribution in [0.5, 0.6) is 0 Å². The number of carbonyl (C=O) groups excluding carboxylic acids is 2. The van der Waals surface area contributed by atoms with Crippen molar-refractivity contribution in [2.45, 2.75) is 26.3 Å². The van der Waals surface area contributed by atoms with Crippen molar-refractivity contribution in [1.29, 1.82) is 5.26 Å². The largest absolute Gasteiger partial charge is 0.452 e. The van der Waals surface area contributed by atoms with E-state index in [1.54, 1.807) is 13.0 Å². The molecule has 0 unspecified atom stereocenters. The number of hydrogen-bond acceptors (Lipinski definition) is 5. The van der Waals surface area contributed by atoms with Gasteiger partial charge in [-0.3, -0.25) is 4.79 Å². The van der Waals surface area contributed by atoms with Gasteiger partial charge < -0.3 is 10.1 Å². The standard InChI is InChI=1S/C15H18N2O3S/c1-11(2)15(3,10-16)17-13(18)8-20-14(19)5-4-12-6-7-21-9-12/h4-7,9,11H,8H2,1-3H3,(H,17,18)/b5-4+/t15-/m1/s1. The molecule has 0 aromatic carbocycles. The molecule has 0 saturated carbocycles. The zero-order valence-electron chi connectivity index (χ0n) is 12.3. The zero-order chi connectivity index (χ0) is 15.9. The molecule has 0 spiro atoms. The molecule has 0 saturated heterocycles. The first kappa shape index (κ1) is 16.9. The Balaban J connectivity index is 2.43. The summed E-state index contributed by atoms with van der Waals surface area (Å²) in [6.45, 7) is 4.89. The van der Waals surface area contributed by atoms with Crippen molar-refractivity contribution < 1.29 is 14.3 Å². The van der Waals surface area contributed by atoms with Gasteiger partial charge in [-0.25, -0.2) is 4.79 Å². The molecule has 1 rings (SSSR count). The van der Waals surface area contributed by atoms with Crippen molar-refractivity contribution >= 4 is 29.3 Å². The molecule has 6 heteroatoms. The van der Waals surface area contributed by atoms with Crippen LogP contribution in [0.25, 0.3) is 6.08 Å². The van der Waals surface area contributed by atoms with Crippen molar-refractivity contribution in [3.05, 3.63) is 28.5 Å². The average molecular weight is 306 g/mol. The van der Waals surface area contributed by atoms with Crippen LogP contribution in [0.15, 0.2) is 22.9 Å². The third-order valence-electron chi connectivity index (χ3n) is 3.09. The van der Waals surface area contributed by atoms with E-state index in [1.165, 1.54) is 17.4 Å². The number of nitriles is 1. The van der Waals surface area contributed by atoms with E-state index in [-0.39, 0.29) is 5.92 Å². The summed E-state index contributed by atoms with van der Waals surface area (Å²) >= 11 is 1.52. The fourth-order valence-corrected chi connectivity index (χ4v) is 1.97. The van der Waals surface area contributed by atoms with Gasteiger partial charge in [-0.1, -0.05) is 13.8 Å². The first-order valence-electron chi connectivity index (χ1n) is 6.46. The Bertz CT molecular complexity index is 558. The number of ether oxygens (including phenoxy) is 1. The Labute approximate surface area is 128 Å². The Kier molecular flexibility index (Phi) is 6.12. The number of esters is 1. The maximum absolute atomic E-state index is 11.7. The van der Waals surface area contributed by atoms with E-state index < -0.39 is 24.0 Å². The molecule has 0 radical (unpaired) electrons. The van der Waals surface area contributed by atoms with E-state index in [2.05, 4.69) is 11.4 Å². The van der Waals surface area contributed by atoms with E-state index >= 15 is 0 Å². The Morgan fingerprint density at radius 2 is 2.29 bits per heavy atom. The van der Waals surface area contributed by atoms with E-state index in [0.29, 0.717) is 0 Å². The molecule has 1 atom stereocenters. The molecule has 112 valence electrons. The maximum Gasteiger partial charge on any atom is 0.331 e. The quantitative estimate of drug-likeness (QED) is 0.646. The van der Waals surface area contributed by atoms with Crippen molar-refractivity contribution in [3.8, 4) is 6.07 Å². The van der Waals surface area contributed by atoms with Crippen LogP contribution in [0, 0.1) is 17.2 Å². The van der Waals surface area contributed by atoms with Gasteiger partial charge >= 0.3 is 5.97 Å². The average Bonchev–Trinajstić information content (AvgIpc) is 2.95. The lowest BCUT2D eigenvalue weighted by Crippen LogP contribution is -2.50. The third-order valence-corrected chi connectivity index (χ3v) is 3.79. The topological polar surface area (TPSA) is 79.2 Å². The lowest BCUT2D eigenvalue weighted by Gasteiger charge is -2.27. The van der Waals surface area contributed by atoms with Crippen molar-refractivity contribution in [2.24, 2.45) is 5.92 Å². The summed E-state index contributed by atoms with van der Waals surface area (Å²) in [7, 11) is 0. The Morgan fingerprint density at radius 3 is 2.81 bits per heavy atom. The molecule has 21 heavy (non-hydrogen) atoms. The highest BCUT2D eigenvalue weighted by molar-refractivity contribution is 7.08. The molecule has 0 aliphatic heterocycles. The SMILES string of the molecule is CC(C)[C@@](C)(C#N)NC(=O)COC(=O)/C=C/c1ccsc1. The highest BCUT2D eigenvalue weighted by atomic mass is 32.1. The first-order valence-corrected chi connectivity index (χ1v) is 7.41. The monoisotopic (exact) mass is 306 g/mol. The second kappa shape index (κ2) is 7.60. The Morgan fingerprint density at radius 1 is 1.57 bits per heavy atom. The molecule has 0 aliphatic rings. The van der Waals surface area contributed by atoms with Gasteiger partial charge in [-0.05, 0) is 41.3 Å². The molecule has 1 amide bonds. The van der Waals surface area contributed by atoms with Gasteiger partial charge in [0.1, 0.15) is 5.54 Å². The normalized spacial score (nSPS) is 13.7. The van der Waals surface area contributed by atoms with E-state index in [4.69, 9.17) is 10.00 Å². The Hall–Kier alpha value is -2.13. The van der Waals surface area contributed by atoms with Gasteiger partial charge in [0.25, 0.3) is 5.91 Å². The van der Waals surface area contributed by atoms with Crippen molar-refractivity contribution in [1.82, 2.24) is 5.32 Å². The lowest BCUT2D eigenvalue weighted by atomic mass is 9.90. The molecule has 1 aromatic rings. The number of hydrogen-bond donors (Lipinski definition) is 1. The van der Waals surface area contributed by atoms with Crippen molar-refractivity contribution in [3.63, 3.8) is 0 Å². The number of thiophene rings is 1. The van der Waals surface area contributed by atoms with Crippen LogP contribution in [-0.2, 0) is 14.3 Å². The van der Waals surface area contributed by atoms with Gasteiger partial charge in [0.05, 0.1) is 6.07 Å². The van der Waals surface area contributed by atoms with Gasteiger partial charge in [0, 0.05) is 6.08 Å². The number of nitrogens with one attached hydrogen (secondary N) is 1. The maximum atomic E-state index is 11.7. The summed E-state index contributed by atoms with van der Waals surface area (Å²) in [6, 6.07) is 3.92. The summed E-state index contributed by atoms with van der Waals surface area (Å²) in [4.78, 5) is 23.2. The van der Waals surface area contributed by atoms with Crippen LogP contribution in [0.1, 0.15) is 26.3 Å². The molecule has 1 aromatic heterocycles. The van der Waals surface area contributed by atoms with E-state index in [0.717, 1.165) is 5.56 Å². The van der Waals surface area contributed by atoms with Gasteiger partial charge in [0.2, 0.25) is 0 Å². The molecular formula is C15H18N2O3S. The second-order valence-corrected chi connectivity index (χ2v) is 5.79. The van der Waals surface area contributed by atoms with Gasteiger partial charge in [-0.2, -0.15) is 16.6 Å². The fraction of sp³-hybridized carbons (Fsp3) is 0.400. The highest BCUT2D eigenvalue weighted by Gasteiger charge is 2.30. The van der Waals surface area contributed by atoms with Crippen LogP contribution in [0.4, 0.5) is 0 Å². The summed E-state index contributed by atoms with van der Waals surface area (Å²) in [5.41, 5.74) is -0.0750. The summed E-state index contributed by atoms with van der Waals surface area (Å²) in [6.07, 6.45) is 2.88. The number of rotatable bonds is 6. The van der Waals surface area contributed by atoms with Crippen LogP contribution in [-0.4, -0.2) is 24.0 Å². The summed E-state index contributed by atoms with van der Waals surface area (Å²) in [5.74, 6) is -1.15. The molecular weight excluding hydrogens is 288 g/mol. The minimum Gasteiger partial charge on any atom is -0.452 e. The van der Waals surface area contributed by atoms with E-state index in [9.17, 15) is 9.59 Å². The lowest BCUT2D eigenvalue weighted by molar-refractivity contribution is -0.144. The first-order chi connectivity index (χ1) is 9.87. The molecule has 0 aliphatic carbocycles. The molecule has 5 nitrogen and oxygen atoms in total. The third kappa shape index (κ3) is 5.40. The minimum absolute atomic E-state index is 0.0550. The number of carbonyl (C=O) groups is 2. The van der Waals surface area contributed by atoms with Crippen molar-refractivity contribution in [2.75, 3.05) is 6.61 Å². The van der Waals surface area contributed by atoms with Crippen LogP contribution in [0.3, 0.4) is 0 Å². The smallest absolute Gasteiger partial charge is 0.331 e. The van der Waals surface area contributed by atoms with Gasteiger partial charge in [0.15, 0.2) is 6.61 Å². The van der Waals surface area contributed by atoms with Crippen LogP contribution in [0.2, 0.25) is 0 Å².